The molecule has 3 aliphatic rings. The molecule has 0 bridgehead atoms. The van der Waals surface area contributed by atoms with Gasteiger partial charge in [0.1, 0.15) is 18.3 Å². The van der Waals surface area contributed by atoms with Crippen LogP contribution in [0.25, 0.3) is 0 Å². The van der Waals surface area contributed by atoms with Crippen LogP contribution in [0.15, 0.2) is 12.2 Å². The number of fused-ring (bicyclic) bond motifs is 2. The number of carbonyl (C=O) groups is 3. The first kappa shape index (κ1) is 18.9. The topological polar surface area (TPSA) is 99.1 Å². The number of hydrogen-bond donors (Lipinski definition) is 1. The highest BCUT2D eigenvalue weighted by molar-refractivity contribution is 5.90. The largest absolute Gasteiger partial charge is 0.458 e. The Balaban J connectivity index is 2.02. The average molecular weight is 366 g/mol. The number of hydrogen-bond acceptors (Lipinski definition) is 7. The lowest BCUT2D eigenvalue weighted by atomic mass is 9.69. The molecular weight excluding hydrogens is 340 g/mol. The Morgan fingerprint density at radius 3 is 2.38 bits per heavy atom. The van der Waals surface area contributed by atoms with Gasteiger partial charge in [-0.1, -0.05) is 20.4 Å². The van der Waals surface area contributed by atoms with Crippen molar-refractivity contribution in [3.05, 3.63) is 12.2 Å². The Bertz CT molecular complexity index is 656. The van der Waals surface area contributed by atoms with Crippen molar-refractivity contribution in [3.63, 3.8) is 0 Å². The van der Waals surface area contributed by atoms with Crippen molar-refractivity contribution < 1.29 is 33.7 Å². The molecule has 0 radical (unpaired) electrons. The molecule has 1 saturated heterocycles. The summed E-state index contributed by atoms with van der Waals surface area (Å²) in [5.41, 5.74) is -0.299. The van der Waals surface area contributed by atoms with Crippen molar-refractivity contribution in [3.8, 4) is 0 Å². The van der Waals surface area contributed by atoms with Gasteiger partial charge < -0.3 is 19.3 Å². The minimum atomic E-state index is -1.02. The van der Waals surface area contributed by atoms with E-state index in [4.69, 9.17) is 14.2 Å². The number of carbonyl (C=O) groups excluding carboxylic acids is 3. The Morgan fingerprint density at radius 2 is 1.81 bits per heavy atom. The van der Waals surface area contributed by atoms with E-state index in [1.165, 1.54) is 13.8 Å². The molecular formula is C19H26O7. The molecule has 1 aliphatic heterocycles. The van der Waals surface area contributed by atoms with Gasteiger partial charge in [-0.25, -0.2) is 4.79 Å². The normalized spacial score (nSPS) is 44.6. The van der Waals surface area contributed by atoms with Gasteiger partial charge in [0.15, 0.2) is 6.10 Å². The van der Waals surface area contributed by atoms with Gasteiger partial charge >= 0.3 is 17.9 Å². The highest BCUT2D eigenvalue weighted by Crippen LogP contribution is 2.58. The van der Waals surface area contributed by atoms with Crippen LogP contribution in [-0.2, 0) is 28.6 Å². The van der Waals surface area contributed by atoms with Crippen molar-refractivity contribution in [1.82, 2.24) is 0 Å². The Labute approximate surface area is 152 Å². The SMILES string of the molecule is C=C1C(=O)O[C@@H]2C[C@@H](C)[C@@H]3[C@@H](OC(C)=O)[C@@H](OC(C)=O)[C@H](O)[C@@]3(C)C[C@H]12. The smallest absolute Gasteiger partial charge is 0.334 e. The second-order valence-electron chi connectivity index (χ2n) is 8.12. The number of esters is 3. The first-order chi connectivity index (χ1) is 12.1. The lowest BCUT2D eigenvalue weighted by Gasteiger charge is -2.37. The molecule has 2 saturated carbocycles. The third kappa shape index (κ3) is 2.82. The van der Waals surface area contributed by atoms with Crippen molar-refractivity contribution in [1.29, 1.82) is 0 Å². The maximum absolute atomic E-state index is 11.9. The zero-order chi connectivity index (χ0) is 19.4. The molecule has 0 aromatic heterocycles. The van der Waals surface area contributed by atoms with Gasteiger partial charge in [0.25, 0.3) is 0 Å². The van der Waals surface area contributed by atoms with E-state index in [0.717, 1.165) is 0 Å². The van der Waals surface area contributed by atoms with Crippen molar-refractivity contribution in [2.24, 2.45) is 23.2 Å². The minimum Gasteiger partial charge on any atom is -0.458 e. The third-order valence-electron chi connectivity index (χ3n) is 6.32. The van der Waals surface area contributed by atoms with Gasteiger partial charge in [0, 0.05) is 36.7 Å². The number of aliphatic hydroxyl groups excluding tert-OH is 1. The summed E-state index contributed by atoms with van der Waals surface area (Å²) in [7, 11) is 0. The molecule has 0 unspecified atom stereocenters. The van der Waals surface area contributed by atoms with Gasteiger partial charge in [-0.2, -0.15) is 0 Å². The highest BCUT2D eigenvalue weighted by atomic mass is 16.6. The van der Waals surface area contributed by atoms with Crippen LogP contribution in [0.4, 0.5) is 0 Å². The zero-order valence-corrected chi connectivity index (χ0v) is 15.6. The zero-order valence-electron chi connectivity index (χ0n) is 15.6. The van der Waals surface area contributed by atoms with Crippen LogP contribution in [0.1, 0.15) is 40.5 Å². The van der Waals surface area contributed by atoms with Crippen molar-refractivity contribution in [2.45, 2.75) is 65.0 Å². The molecule has 1 N–H and O–H groups in total. The molecule has 0 aromatic rings. The minimum absolute atomic E-state index is 0.0201. The Morgan fingerprint density at radius 1 is 1.23 bits per heavy atom. The van der Waals surface area contributed by atoms with E-state index in [9.17, 15) is 19.5 Å². The summed E-state index contributed by atoms with van der Waals surface area (Å²) >= 11 is 0. The van der Waals surface area contributed by atoms with E-state index in [2.05, 4.69) is 6.58 Å². The van der Waals surface area contributed by atoms with E-state index in [1.54, 1.807) is 0 Å². The van der Waals surface area contributed by atoms with Crippen LogP contribution in [-0.4, -0.2) is 47.4 Å². The fourth-order valence-corrected chi connectivity index (χ4v) is 5.34. The fraction of sp³-hybridized carbons (Fsp3) is 0.737. The fourth-order valence-electron chi connectivity index (χ4n) is 5.34. The first-order valence-electron chi connectivity index (χ1n) is 8.98. The summed E-state index contributed by atoms with van der Waals surface area (Å²) in [5, 5.41) is 11.1. The number of aliphatic hydroxyl groups is 1. The molecule has 26 heavy (non-hydrogen) atoms. The van der Waals surface area contributed by atoms with E-state index < -0.39 is 41.6 Å². The predicted molar refractivity (Wildman–Crippen MR) is 89.6 cm³/mol. The lowest BCUT2D eigenvalue weighted by Crippen LogP contribution is -2.40. The van der Waals surface area contributed by atoms with E-state index in [-0.39, 0.29) is 23.9 Å². The molecule has 3 fully saturated rings. The van der Waals surface area contributed by atoms with Crippen LogP contribution < -0.4 is 0 Å². The van der Waals surface area contributed by atoms with Crippen molar-refractivity contribution >= 4 is 17.9 Å². The number of rotatable bonds is 2. The maximum atomic E-state index is 11.9. The first-order valence-corrected chi connectivity index (χ1v) is 8.98. The Hall–Kier alpha value is -1.89. The molecule has 0 spiro atoms. The van der Waals surface area contributed by atoms with Crippen LogP contribution in [0.5, 0.6) is 0 Å². The molecule has 144 valence electrons. The third-order valence-corrected chi connectivity index (χ3v) is 6.32. The van der Waals surface area contributed by atoms with E-state index in [1.807, 2.05) is 13.8 Å². The summed E-state index contributed by atoms with van der Waals surface area (Å²) in [6.45, 7) is 10.3. The van der Waals surface area contributed by atoms with E-state index in [0.29, 0.717) is 18.4 Å². The Kier molecular flexibility index (Phi) is 4.63. The second-order valence-corrected chi connectivity index (χ2v) is 8.12. The predicted octanol–water partition coefficient (Wildman–Crippen LogP) is 1.37. The summed E-state index contributed by atoms with van der Waals surface area (Å²) < 4.78 is 16.3. The summed E-state index contributed by atoms with van der Waals surface area (Å²) in [5.74, 6) is -1.88. The maximum Gasteiger partial charge on any atom is 0.334 e. The molecule has 3 rings (SSSR count). The summed E-state index contributed by atoms with van der Waals surface area (Å²) in [4.78, 5) is 35.2. The standard InChI is InChI=1S/C19H26O7/c1-8-6-13-12(9(2)18(23)26-13)7-19(5)14(8)15(24-10(3)20)16(17(19)22)25-11(4)21/h8,12-17,22H,2,6-7H2,1,3-5H3/t8-,12-,13-,14-,15-,16-,17+,19+/m1/s1. The highest BCUT2D eigenvalue weighted by Gasteiger charge is 2.65. The molecule has 0 aromatic carbocycles. The van der Waals surface area contributed by atoms with Crippen LogP contribution >= 0.6 is 0 Å². The van der Waals surface area contributed by atoms with Gasteiger partial charge in [-0.05, 0) is 18.8 Å². The molecule has 7 nitrogen and oxygen atoms in total. The second kappa shape index (κ2) is 6.37. The summed E-state index contributed by atoms with van der Waals surface area (Å²) in [6.07, 6.45) is -1.96. The van der Waals surface area contributed by atoms with E-state index >= 15 is 0 Å². The van der Waals surface area contributed by atoms with Crippen LogP contribution in [0, 0.1) is 23.2 Å². The van der Waals surface area contributed by atoms with Crippen molar-refractivity contribution in [2.75, 3.05) is 0 Å². The van der Waals surface area contributed by atoms with Gasteiger partial charge in [0.2, 0.25) is 0 Å². The molecule has 0 amide bonds. The van der Waals surface area contributed by atoms with Gasteiger partial charge in [0.05, 0.1) is 0 Å². The summed E-state index contributed by atoms with van der Waals surface area (Å²) in [6, 6.07) is 0. The monoisotopic (exact) mass is 366 g/mol. The molecule has 1 heterocycles. The van der Waals surface area contributed by atoms with Crippen LogP contribution in [0.3, 0.4) is 0 Å². The average Bonchev–Trinajstić information content (AvgIpc) is 2.82. The lowest BCUT2D eigenvalue weighted by molar-refractivity contribution is -0.171. The quantitative estimate of drug-likeness (QED) is 0.448. The number of ether oxygens (including phenoxy) is 3. The molecule has 8 atom stereocenters. The van der Waals surface area contributed by atoms with Crippen LogP contribution in [0.2, 0.25) is 0 Å². The van der Waals surface area contributed by atoms with Gasteiger partial charge in [-0.15, -0.1) is 0 Å². The molecule has 7 heteroatoms. The van der Waals surface area contributed by atoms with Gasteiger partial charge in [-0.3, -0.25) is 9.59 Å². The molecule has 2 aliphatic carbocycles.